The summed E-state index contributed by atoms with van der Waals surface area (Å²) in [5.41, 5.74) is -1.05. The summed E-state index contributed by atoms with van der Waals surface area (Å²) in [6.07, 6.45) is 2.21. The normalized spacial score (nSPS) is 12.5. The van der Waals surface area contributed by atoms with Crippen LogP contribution in [0.1, 0.15) is 40.5 Å². The molecule has 0 N–H and O–H groups in total. The maximum atomic E-state index is 13.2. The molecule has 0 aromatic carbocycles. The molecule has 0 bridgehead atoms. The molecule has 2 heteroatoms. The van der Waals surface area contributed by atoms with Crippen molar-refractivity contribution in [2.24, 2.45) is 0 Å². The largest absolute Gasteiger partial charge is 0.300 e. The molecule has 0 fully saturated rings. The summed E-state index contributed by atoms with van der Waals surface area (Å²) in [6, 6.07) is 0. The van der Waals surface area contributed by atoms with Crippen molar-refractivity contribution < 1.29 is 4.39 Å². The SMILES string of the molecule is CCCN(CCC)CC(C)(C)F. The predicted octanol–water partition coefficient (Wildman–Crippen LogP) is 2.86. The molecule has 0 rings (SSSR count). The van der Waals surface area contributed by atoms with Gasteiger partial charge in [-0.3, -0.25) is 0 Å². The average Bonchev–Trinajstić information content (AvgIpc) is 1.84. The summed E-state index contributed by atoms with van der Waals surface area (Å²) in [7, 11) is 0. The average molecular weight is 175 g/mol. The van der Waals surface area contributed by atoms with E-state index in [1.165, 1.54) is 0 Å². The second kappa shape index (κ2) is 5.52. The van der Waals surface area contributed by atoms with Crippen LogP contribution < -0.4 is 0 Å². The van der Waals surface area contributed by atoms with Crippen LogP contribution in [0.3, 0.4) is 0 Å². The molecule has 0 unspecified atom stereocenters. The minimum Gasteiger partial charge on any atom is -0.300 e. The summed E-state index contributed by atoms with van der Waals surface area (Å²) in [5, 5.41) is 0. The van der Waals surface area contributed by atoms with Crippen LogP contribution in [0.2, 0.25) is 0 Å². The van der Waals surface area contributed by atoms with Crippen molar-refractivity contribution in [3.8, 4) is 0 Å². The van der Waals surface area contributed by atoms with Gasteiger partial charge >= 0.3 is 0 Å². The van der Waals surface area contributed by atoms with E-state index in [2.05, 4.69) is 18.7 Å². The Morgan fingerprint density at radius 2 is 1.50 bits per heavy atom. The van der Waals surface area contributed by atoms with E-state index >= 15 is 0 Å². The van der Waals surface area contributed by atoms with Gasteiger partial charge in [-0.1, -0.05) is 13.8 Å². The Balaban J connectivity index is 3.77. The topological polar surface area (TPSA) is 3.24 Å². The van der Waals surface area contributed by atoms with Crippen LogP contribution >= 0.6 is 0 Å². The Morgan fingerprint density at radius 1 is 1.08 bits per heavy atom. The lowest BCUT2D eigenvalue weighted by Crippen LogP contribution is -2.36. The third-order valence-corrected chi connectivity index (χ3v) is 1.68. The van der Waals surface area contributed by atoms with Crippen molar-refractivity contribution in [1.82, 2.24) is 4.90 Å². The van der Waals surface area contributed by atoms with Gasteiger partial charge in [-0.2, -0.15) is 0 Å². The molecule has 0 amide bonds. The van der Waals surface area contributed by atoms with E-state index in [9.17, 15) is 4.39 Å². The van der Waals surface area contributed by atoms with E-state index in [-0.39, 0.29) is 0 Å². The van der Waals surface area contributed by atoms with Crippen molar-refractivity contribution >= 4 is 0 Å². The lowest BCUT2D eigenvalue weighted by Gasteiger charge is -2.26. The fourth-order valence-electron chi connectivity index (χ4n) is 1.43. The summed E-state index contributed by atoms with van der Waals surface area (Å²) >= 11 is 0. The molecule has 0 heterocycles. The molecule has 0 aliphatic heterocycles. The third kappa shape index (κ3) is 6.59. The van der Waals surface area contributed by atoms with Gasteiger partial charge in [0, 0.05) is 6.54 Å². The van der Waals surface area contributed by atoms with Crippen molar-refractivity contribution in [1.29, 1.82) is 0 Å². The van der Waals surface area contributed by atoms with Gasteiger partial charge in [0.25, 0.3) is 0 Å². The Hall–Kier alpha value is -0.110. The van der Waals surface area contributed by atoms with E-state index in [1.807, 2.05) is 0 Å². The molecule has 0 aliphatic carbocycles. The Morgan fingerprint density at radius 3 is 1.75 bits per heavy atom. The molecule has 0 aromatic heterocycles. The molecule has 12 heavy (non-hydrogen) atoms. The zero-order chi connectivity index (χ0) is 9.61. The van der Waals surface area contributed by atoms with Crippen LogP contribution in [-0.2, 0) is 0 Å². The van der Waals surface area contributed by atoms with E-state index in [1.54, 1.807) is 13.8 Å². The maximum Gasteiger partial charge on any atom is 0.118 e. The van der Waals surface area contributed by atoms with Crippen molar-refractivity contribution in [3.05, 3.63) is 0 Å². The molecule has 0 saturated carbocycles. The molecule has 0 saturated heterocycles. The number of nitrogens with zero attached hydrogens (tertiary/aromatic N) is 1. The van der Waals surface area contributed by atoms with Crippen LogP contribution in [0.15, 0.2) is 0 Å². The second-order valence-corrected chi connectivity index (χ2v) is 3.99. The van der Waals surface area contributed by atoms with Gasteiger partial charge in [-0.05, 0) is 39.8 Å². The number of hydrogen-bond acceptors (Lipinski definition) is 1. The molecule has 74 valence electrons. The molecule has 0 radical (unpaired) electrons. The summed E-state index contributed by atoms with van der Waals surface area (Å²) in [5.74, 6) is 0. The van der Waals surface area contributed by atoms with Crippen LogP contribution in [0.5, 0.6) is 0 Å². The van der Waals surface area contributed by atoms with E-state index in [4.69, 9.17) is 0 Å². The predicted molar refractivity (Wildman–Crippen MR) is 52.2 cm³/mol. The Labute approximate surface area is 75.9 Å². The molecule has 0 spiro atoms. The van der Waals surface area contributed by atoms with Crippen LogP contribution in [-0.4, -0.2) is 30.2 Å². The summed E-state index contributed by atoms with van der Waals surface area (Å²) < 4.78 is 13.2. The minimum atomic E-state index is -1.05. The number of alkyl halides is 1. The zero-order valence-corrected chi connectivity index (χ0v) is 8.86. The summed E-state index contributed by atoms with van der Waals surface area (Å²) in [6.45, 7) is 10.1. The highest BCUT2D eigenvalue weighted by Gasteiger charge is 2.19. The quantitative estimate of drug-likeness (QED) is 0.600. The molecule has 0 aromatic rings. The summed E-state index contributed by atoms with van der Waals surface area (Å²) in [4.78, 5) is 2.19. The lowest BCUT2D eigenvalue weighted by molar-refractivity contribution is 0.125. The Kier molecular flexibility index (Phi) is 5.47. The maximum absolute atomic E-state index is 13.2. The first kappa shape index (κ1) is 11.9. The lowest BCUT2D eigenvalue weighted by atomic mass is 10.1. The first-order valence-electron chi connectivity index (χ1n) is 4.91. The Bertz CT molecular complexity index is 101. The van der Waals surface area contributed by atoms with Gasteiger partial charge in [0.15, 0.2) is 0 Å². The standard InChI is InChI=1S/C10H22FN/c1-5-7-12(8-6-2)9-10(3,4)11/h5-9H2,1-4H3. The highest BCUT2D eigenvalue weighted by molar-refractivity contribution is 4.72. The van der Waals surface area contributed by atoms with Gasteiger partial charge in [-0.25, -0.2) is 4.39 Å². The molecular weight excluding hydrogens is 153 g/mol. The second-order valence-electron chi connectivity index (χ2n) is 3.99. The van der Waals surface area contributed by atoms with E-state index in [0.29, 0.717) is 6.54 Å². The monoisotopic (exact) mass is 175 g/mol. The van der Waals surface area contributed by atoms with Crippen molar-refractivity contribution in [2.75, 3.05) is 19.6 Å². The fraction of sp³-hybridized carbons (Fsp3) is 1.00. The first-order chi connectivity index (χ1) is 5.49. The number of rotatable bonds is 6. The fourth-order valence-corrected chi connectivity index (χ4v) is 1.43. The van der Waals surface area contributed by atoms with Gasteiger partial charge in [-0.15, -0.1) is 0 Å². The minimum absolute atomic E-state index is 0.564. The highest BCUT2D eigenvalue weighted by Crippen LogP contribution is 2.11. The number of halogens is 1. The van der Waals surface area contributed by atoms with Crippen molar-refractivity contribution in [2.45, 2.75) is 46.2 Å². The smallest absolute Gasteiger partial charge is 0.118 e. The molecule has 1 nitrogen and oxygen atoms in total. The van der Waals surface area contributed by atoms with Crippen LogP contribution in [0, 0.1) is 0 Å². The number of hydrogen-bond donors (Lipinski definition) is 0. The van der Waals surface area contributed by atoms with Gasteiger partial charge in [0.1, 0.15) is 5.67 Å². The van der Waals surface area contributed by atoms with Crippen molar-refractivity contribution in [3.63, 3.8) is 0 Å². The third-order valence-electron chi connectivity index (χ3n) is 1.68. The van der Waals surface area contributed by atoms with Gasteiger partial charge < -0.3 is 4.90 Å². The van der Waals surface area contributed by atoms with Gasteiger partial charge in [0.2, 0.25) is 0 Å². The first-order valence-corrected chi connectivity index (χ1v) is 4.91. The van der Waals surface area contributed by atoms with E-state index < -0.39 is 5.67 Å². The van der Waals surface area contributed by atoms with Gasteiger partial charge in [0.05, 0.1) is 0 Å². The molecule has 0 aliphatic rings. The molecular formula is C10H22FN. The highest BCUT2D eigenvalue weighted by atomic mass is 19.1. The van der Waals surface area contributed by atoms with Crippen LogP contribution in [0.25, 0.3) is 0 Å². The van der Waals surface area contributed by atoms with E-state index in [0.717, 1.165) is 25.9 Å². The van der Waals surface area contributed by atoms with Crippen LogP contribution in [0.4, 0.5) is 4.39 Å². The zero-order valence-electron chi connectivity index (χ0n) is 8.86. The molecule has 0 atom stereocenters.